The van der Waals surface area contributed by atoms with Crippen LogP contribution in [0.25, 0.3) is 0 Å². The van der Waals surface area contributed by atoms with E-state index in [0.717, 1.165) is 36.8 Å². The number of hydrogen-bond donors (Lipinski definition) is 2. The molecule has 0 spiro atoms. The third-order valence-corrected chi connectivity index (χ3v) is 2.90. The number of fused-ring (bicyclic) bond motifs is 1. The third-order valence-electron chi connectivity index (χ3n) is 2.90. The number of benzene rings is 1. The van der Waals surface area contributed by atoms with Crippen molar-refractivity contribution in [2.75, 3.05) is 25.0 Å². The van der Waals surface area contributed by atoms with E-state index in [1.807, 2.05) is 24.3 Å². The highest BCUT2D eigenvalue weighted by molar-refractivity contribution is 5.99. The van der Waals surface area contributed by atoms with Gasteiger partial charge in [0.1, 0.15) is 18.2 Å². The number of aliphatic imine (C=N–C) groups is 1. The zero-order valence-corrected chi connectivity index (χ0v) is 9.07. The third kappa shape index (κ3) is 1.88. The van der Waals surface area contributed by atoms with Crippen LogP contribution in [0.2, 0.25) is 0 Å². The fourth-order valence-corrected chi connectivity index (χ4v) is 2.07. The van der Waals surface area contributed by atoms with Crippen LogP contribution in [-0.4, -0.2) is 31.6 Å². The smallest absolute Gasteiger partial charge is 0.146 e. The fraction of sp³-hybridized carbons (Fsp3) is 0.417. The summed E-state index contributed by atoms with van der Waals surface area (Å²) in [6.45, 7) is 2.60. The molecular weight excluding hydrogens is 202 g/mol. The van der Waals surface area contributed by atoms with Crippen LogP contribution in [0.15, 0.2) is 29.3 Å². The van der Waals surface area contributed by atoms with Gasteiger partial charge in [0, 0.05) is 6.54 Å². The fourth-order valence-electron chi connectivity index (χ4n) is 2.07. The summed E-state index contributed by atoms with van der Waals surface area (Å²) in [5.74, 6) is 1.85. The van der Waals surface area contributed by atoms with Gasteiger partial charge in [0.25, 0.3) is 0 Å². The minimum Gasteiger partial charge on any atom is -0.484 e. The lowest BCUT2D eigenvalue weighted by molar-refractivity contribution is 0.371. The van der Waals surface area contributed by atoms with Gasteiger partial charge in [-0.2, -0.15) is 0 Å². The molecule has 0 saturated carbocycles. The summed E-state index contributed by atoms with van der Waals surface area (Å²) in [6.07, 6.45) is 1.12. The summed E-state index contributed by atoms with van der Waals surface area (Å²) >= 11 is 0. The first-order chi connectivity index (χ1) is 7.92. The molecule has 0 amide bonds. The molecule has 4 nitrogen and oxygen atoms in total. The van der Waals surface area contributed by atoms with Crippen molar-refractivity contribution in [2.24, 2.45) is 4.99 Å². The molecule has 1 saturated heterocycles. The first-order valence-electron chi connectivity index (χ1n) is 5.68. The second kappa shape index (κ2) is 4.14. The Morgan fingerprint density at radius 1 is 1.31 bits per heavy atom. The van der Waals surface area contributed by atoms with E-state index < -0.39 is 0 Å². The van der Waals surface area contributed by atoms with Crippen molar-refractivity contribution in [3.8, 4) is 5.75 Å². The summed E-state index contributed by atoms with van der Waals surface area (Å²) in [6, 6.07) is 8.35. The second-order valence-corrected chi connectivity index (χ2v) is 4.13. The molecule has 4 heteroatoms. The predicted octanol–water partition coefficient (Wildman–Crippen LogP) is 1.25. The van der Waals surface area contributed by atoms with E-state index in [4.69, 9.17) is 4.74 Å². The highest BCUT2D eigenvalue weighted by Gasteiger charge is 2.17. The van der Waals surface area contributed by atoms with Gasteiger partial charge in [-0.25, -0.2) is 0 Å². The van der Waals surface area contributed by atoms with Crippen molar-refractivity contribution in [3.05, 3.63) is 24.3 Å². The number of para-hydroxylation sites is 2. The number of amidine groups is 1. The van der Waals surface area contributed by atoms with Crippen molar-refractivity contribution in [2.45, 2.75) is 12.5 Å². The van der Waals surface area contributed by atoms with Gasteiger partial charge in [0.2, 0.25) is 0 Å². The van der Waals surface area contributed by atoms with E-state index >= 15 is 0 Å². The maximum atomic E-state index is 5.63. The van der Waals surface area contributed by atoms with E-state index in [2.05, 4.69) is 15.6 Å². The Bertz CT molecular complexity index is 410. The molecule has 84 valence electrons. The van der Waals surface area contributed by atoms with Crippen LogP contribution in [0.3, 0.4) is 0 Å². The zero-order valence-electron chi connectivity index (χ0n) is 9.07. The van der Waals surface area contributed by atoms with Crippen molar-refractivity contribution in [1.82, 2.24) is 5.32 Å². The van der Waals surface area contributed by atoms with Gasteiger partial charge in [-0.05, 0) is 25.1 Å². The van der Waals surface area contributed by atoms with Crippen LogP contribution in [0, 0.1) is 0 Å². The number of ether oxygens (including phenoxy) is 1. The molecule has 1 fully saturated rings. The van der Waals surface area contributed by atoms with Gasteiger partial charge in [-0.1, -0.05) is 12.1 Å². The maximum Gasteiger partial charge on any atom is 0.146 e. The molecule has 1 atom stereocenters. The van der Waals surface area contributed by atoms with E-state index in [9.17, 15) is 0 Å². The number of hydrogen-bond acceptors (Lipinski definition) is 3. The summed E-state index contributed by atoms with van der Waals surface area (Å²) in [5.41, 5.74) is 1.01. The Labute approximate surface area is 94.7 Å². The van der Waals surface area contributed by atoms with Gasteiger partial charge >= 0.3 is 0 Å². The Balaban J connectivity index is 1.77. The van der Waals surface area contributed by atoms with Crippen molar-refractivity contribution >= 4 is 11.5 Å². The van der Waals surface area contributed by atoms with Crippen LogP contribution < -0.4 is 15.4 Å². The number of nitrogens with zero attached hydrogens (tertiary/aromatic N) is 1. The molecule has 0 aliphatic carbocycles. The minimum absolute atomic E-state index is 0.399. The first kappa shape index (κ1) is 9.66. The van der Waals surface area contributed by atoms with E-state index in [0.29, 0.717) is 12.6 Å². The van der Waals surface area contributed by atoms with Crippen molar-refractivity contribution in [3.63, 3.8) is 0 Å². The monoisotopic (exact) mass is 217 g/mol. The molecule has 3 rings (SSSR count). The van der Waals surface area contributed by atoms with Gasteiger partial charge in [-0.15, -0.1) is 0 Å². The Morgan fingerprint density at radius 3 is 3.12 bits per heavy atom. The molecular formula is C12H15N3O. The molecule has 2 heterocycles. The van der Waals surface area contributed by atoms with E-state index in [-0.39, 0.29) is 0 Å². The van der Waals surface area contributed by atoms with Crippen LogP contribution in [0.1, 0.15) is 6.42 Å². The van der Waals surface area contributed by atoms with E-state index in [1.165, 1.54) is 0 Å². The SMILES string of the molecule is c1ccc2c(c1)NC(=NC1CCNC1)CO2. The summed E-state index contributed by atoms with van der Waals surface area (Å²) in [5, 5.41) is 6.63. The molecule has 16 heavy (non-hydrogen) atoms. The van der Waals surface area contributed by atoms with Crippen LogP contribution >= 0.6 is 0 Å². The summed E-state index contributed by atoms with van der Waals surface area (Å²) < 4.78 is 5.63. The molecule has 0 radical (unpaired) electrons. The zero-order chi connectivity index (χ0) is 10.8. The highest BCUT2D eigenvalue weighted by atomic mass is 16.5. The predicted molar refractivity (Wildman–Crippen MR) is 64.3 cm³/mol. The minimum atomic E-state index is 0.399. The second-order valence-electron chi connectivity index (χ2n) is 4.13. The van der Waals surface area contributed by atoms with Crippen LogP contribution in [0.4, 0.5) is 5.69 Å². The Kier molecular flexibility index (Phi) is 2.50. The quantitative estimate of drug-likeness (QED) is 0.744. The average molecular weight is 217 g/mol. The first-order valence-corrected chi connectivity index (χ1v) is 5.68. The molecule has 2 aliphatic heterocycles. The lowest BCUT2D eigenvalue weighted by atomic mass is 10.2. The Hall–Kier alpha value is -1.55. The molecule has 1 unspecified atom stereocenters. The maximum absolute atomic E-state index is 5.63. The largest absolute Gasteiger partial charge is 0.484 e. The van der Waals surface area contributed by atoms with Gasteiger partial charge < -0.3 is 15.4 Å². The standard InChI is InChI=1S/C12H15N3O/c1-2-4-11-10(3-1)15-12(8-16-11)14-9-5-6-13-7-9/h1-4,9,13H,5-8H2,(H,14,15). The molecule has 1 aromatic carbocycles. The highest BCUT2D eigenvalue weighted by Crippen LogP contribution is 2.26. The van der Waals surface area contributed by atoms with Crippen LogP contribution in [0.5, 0.6) is 5.75 Å². The van der Waals surface area contributed by atoms with E-state index in [1.54, 1.807) is 0 Å². The lowest BCUT2D eigenvalue weighted by Crippen LogP contribution is -2.28. The average Bonchev–Trinajstić information content (AvgIpc) is 2.82. The van der Waals surface area contributed by atoms with Crippen LogP contribution in [-0.2, 0) is 0 Å². The van der Waals surface area contributed by atoms with Crippen molar-refractivity contribution < 1.29 is 4.74 Å². The number of nitrogens with one attached hydrogen (secondary N) is 2. The normalized spacial score (nSPS) is 26.0. The molecule has 0 bridgehead atoms. The molecule has 2 aliphatic rings. The summed E-state index contributed by atoms with van der Waals surface area (Å²) in [4.78, 5) is 4.65. The summed E-state index contributed by atoms with van der Waals surface area (Å²) in [7, 11) is 0. The molecule has 1 aromatic rings. The number of rotatable bonds is 1. The van der Waals surface area contributed by atoms with Crippen molar-refractivity contribution in [1.29, 1.82) is 0 Å². The lowest BCUT2D eigenvalue weighted by Gasteiger charge is -2.21. The van der Waals surface area contributed by atoms with Gasteiger partial charge in [-0.3, -0.25) is 4.99 Å². The molecule has 2 N–H and O–H groups in total. The van der Waals surface area contributed by atoms with Gasteiger partial charge in [0.05, 0.1) is 11.7 Å². The molecule has 0 aromatic heterocycles. The van der Waals surface area contributed by atoms with Gasteiger partial charge in [0.15, 0.2) is 0 Å². The topological polar surface area (TPSA) is 45.7 Å². The Morgan fingerprint density at radius 2 is 2.25 bits per heavy atom. The number of anilines is 1.